The van der Waals surface area contributed by atoms with Crippen LogP contribution in [0.25, 0.3) is 0 Å². The van der Waals surface area contributed by atoms with E-state index in [1.54, 1.807) is 11.8 Å². The second kappa shape index (κ2) is 7.38. The Labute approximate surface area is 136 Å². The van der Waals surface area contributed by atoms with Crippen LogP contribution in [0.1, 0.15) is 24.1 Å². The van der Waals surface area contributed by atoms with Gasteiger partial charge >= 0.3 is 0 Å². The highest BCUT2D eigenvalue weighted by atomic mass is 79.9. The van der Waals surface area contributed by atoms with E-state index in [0.717, 1.165) is 10.5 Å². The van der Waals surface area contributed by atoms with E-state index in [9.17, 15) is 8.78 Å². The van der Waals surface area contributed by atoms with E-state index in [1.165, 1.54) is 12.1 Å². The van der Waals surface area contributed by atoms with Gasteiger partial charge in [-0.2, -0.15) is 0 Å². The van der Waals surface area contributed by atoms with Crippen molar-refractivity contribution < 1.29 is 8.78 Å². The van der Waals surface area contributed by atoms with Crippen LogP contribution in [-0.4, -0.2) is 12.8 Å². The second-order valence-electron chi connectivity index (χ2n) is 4.52. The fraction of sp³-hybridized carbons (Fsp3) is 0.250. The average Bonchev–Trinajstić information content (AvgIpc) is 2.49. The quantitative estimate of drug-likeness (QED) is 0.576. The van der Waals surface area contributed by atoms with Gasteiger partial charge in [-0.05, 0) is 52.5 Å². The van der Waals surface area contributed by atoms with E-state index in [0.29, 0.717) is 12.1 Å². The second-order valence-corrected chi connectivity index (χ2v) is 6.22. The van der Waals surface area contributed by atoms with Crippen molar-refractivity contribution in [3.05, 3.63) is 63.6 Å². The van der Waals surface area contributed by atoms with Crippen LogP contribution in [0, 0.1) is 11.6 Å². The molecule has 0 aliphatic heterocycles. The summed E-state index contributed by atoms with van der Waals surface area (Å²) in [5, 5.41) is 3.24. The van der Waals surface area contributed by atoms with Crippen molar-refractivity contribution in [3.63, 3.8) is 0 Å². The molecule has 0 saturated carbocycles. The molecule has 2 aromatic carbocycles. The monoisotopic (exact) mass is 371 g/mol. The predicted molar refractivity (Wildman–Crippen MR) is 87.8 cm³/mol. The lowest BCUT2D eigenvalue weighted by Gasteiger charge is -2.22. The van der Waals surface area contributed by atoms with Crippen LogP contribution in [0.5, 0.6) is 0 Å². The maximum atomic E-state index is 14.3. The van der Waals surface area contributed by atoms with Gasteiger partial charge in [0, 0.05) is 10.5 Å². The van der Waals surface area contributed by atoms with Crippen molar-refractivity contribution in [3.8, 4) is 0 Å². The van der Waals surface area contributed by atoms with Crippen molar-refractivity contribution in [2.24, 2.45) is 0 Å². The van der Waals surface area contributed by atoms with Crippen molar-refractivity contribution in [1.29, 1.82) is 0 Å². The Morgan fingerprint density at radius 3 is 2.52 bits per heavy atom. The van der Waals surface area contributed by atoms with E-state index in [2.05, 4.69) is 21.2 Å². The molecule has 0 aliphatic rings. The molecule has 0 spiro atoms. The Morgan fingerprint density at radius 1 is 1.14 bits per heavy atom. The Bertz CT molecular complexity index is 634. The molecule has 0 saturated heterocycles. The minimum atomic E-state index is -0.462. The zero-order valence-corrected chi connectivity index (χ0v) is 14.2. The van der Waals surface area contributed by atoms with Gasteiger partial charge < -0.3 is 5.32 Å². The van der Waals surface area contributed by atoms with Crippen LogP contribution in [0.15, 0.2) is 45.8 Å². The third-order valence-corrected chi connectivity index (χ3v) is 4.63. The fourth-order valence-electron chi connectivity index (χ4n) is 2.26. The third-order valence-electron chi connectivity index (χ3n) is 3.21. The summed E-state index contributed by atoms with van der Waals surface area (Å²) in [5.74, 6) is -0.888. The molecule has 0 fully saturated rings. The fourth-order valence-corrected chi connectivity index (χ4v) is 3.21. The van der Waals surface area contributed by atoms with Crippen LogP contribution in [-0.2, 0) is 0 Å². The van der Waals surface area contributed by atoms with Crippen LogP contribution in [0.3, 0.4) is 0 Å². The predicted octanol–water partition coefficient (Wildman–Crippen LogP) is 5.15. The van der Waals surface area contributed by atoms with E-state index < -0.39 is 11.6 Å². The van der Waals surface area contributed by atoms with Gasteiger partial charge in [0.2, 0.25) is 0 Å². The van der Waals surface area contributed by atoms with E-state index >= 15 is 0 Å². The highest BCUT2D eigenvalue weighted by Gasteiger charge is 2.21. The summed E-state index contributed by atoms with van der Waals surface area (Å²) in [6, 6.07) is 9.83. The third kappa shape index (κ3) is 3.65. The highest BCUT2D eigenvalue weighted by Crippen LogP contribution is 2.33. The summed E-state index contributed by atoms with van der Waals surface area (Å²) >= 11 is 4.61. The van der Waals surface area contributed by atoms with Gasteiger partial charge in [-0.25, -0.2) is 8.78 Å². The number of nitrogens with one attached hydrogen (secondary N) is 1. The Hall–Kier alpha value is -0.910. The van der Waals surface area contributed by atoms with Crippen molar-refractivity contribution in [2.75, 3.05) is 12.8 Å². The summed E-state index contributed by atoms with van der Waals surface area (Å²) in [4.78, 5) is 1.05. The molecule has 1 atom stereocenters. The lowest BCUT2D eigenvalue weighted by Crippen LogP contribution is -2.23. The molecule has 5 heteroatoms. The Balaban J connectivity index is 2.56. The molecule has 1 nitrogen and oxygen atoms in total. The lowest BCUT2D eigenvalue weighted by atomic mass is 9.98. The summed E-state index contributed by atoms with van der Waals surface area (Å²) in [6.45, 7) is 2.60. The zero-order valence-electron chi connectivity index (χ0n) is 11.8. The maximum absolute atomic E-state index is 14.3. The van der Waals surface area contributed by atoms with Crippen LogP contribution in [0.4, 0.5) is 8.78 Å². The molecule has 0 aliphatic carbocycles. The van der Waals surface area contributed by atoms with Crippen molar-refractivity contribution >= 4 is 27.7 Å². The average molecular weight is 372 g/mol. The molecule has 0 bridgehead atoms. The normalized spacial score (nSPS) is 12.4. The number of hydrogen-bond donors (Lipinski definition) is 1. The van der Waals surface area contributed by atoms with Gasteiger partial charge in [0.1, 0.15) is 11.6 Å². The zero-order chi connectivity index (χ0) is 15.4. The molecule has 2 aromatic rings. The topological polar surface area (TPSA) is 12.0 Å². The summed E-state index contributed by atoms with van der Waals surface area (Å²) in [6.07, 6.45) is 1.97. The largest absolute Gasteiger partial charge is 0.306 e. The molecule has 112 valence electrons. The molecule has 0 amide bonds. The smallest absolute Gasteiger partial charge is 0.137 e. The molecule has 2 rings (SSSR count). The number of halogens is 3. The van der Waals surface area contributed by atoms with Gasteiger partial charge in [-0.3, -0.25) is 0 Å². The van der Waals surface area contributed by atoms with Gasteiger partial charge in [0.25, 0.3) is 0 Å². The van der Waals surface area contributed by atoms with Gasteiger partial charge in [0.05, 0.1) is 10.5 Å². The van der Waals surface area contributed by atoms with E-state index in [1.807, 2.05) is 37.4 Å². The molecule has 0 aromatic heterocycles. The van der Waals surface area contributed by atoms with Crippen LogP contribution < -0.4 is 5.32 Å². The SMILES string of the molecule is CCNC(c1cc(F)c(Br)cc1F)c1ccccc1SC. The van der Waals surface area contributed by atoms with Gasteiger partial charge in [0.15, 0.2) is 0 Å². The first-order valence-electron chi connectivity index (χ1n) is 6.59. The highest BCUT2D eigenvalue weighted by molar-refractivity contribution is 9.10. The van der Waals surface area contributed by atoms with Gasteiger partial charge in [-0.15, -0.1) is 11.8 Å². The number of hydrogen-bond acceptors (Lipinski definition) is 2. The Kier molecular flexibility index (Phi) is 5.79. The number of rotatable bonds is 5. The first-order valence-corrected chi connectivity index (χ1v) is 8.61. The van der Waals surface area contributed by atoms with Gasteiger partial charge in [-0.1, -0.05) is 25.1 Å². The van der Waals surface area contributed by atoms with E-state index in [-0.39, 0.29) is 10.5 Å². The number of thioether (sulfide) groups is 1. The number of benzene rings is 2. The first-order chi connectivity index (χ1) is 10.1. The molecule has 1 unspecified atom stereocenters. The molecule has 0 radical (unpaired) electrons. The molecular weight excluding hydrogens is 356 g/mol. The maximum Gasteiger partial charge on any atom is 0.137 e. The van der Waals surface area contributed by atoms with E-state index in [4.69, 9.17) is 0 Å². The molecule has 0 heterocycles. The van der Waals surface area contributed by atoms with Crippen LogP contribution in [0.2, 0.25) is 0 Å². The van der Waals surface area contributed by atoms with Crippen molar-refractivity contribution in [2.45, 2.75) is 17.9 Å². The first kappa shape index (κ1) is 16.5. The van der Waals surface area contributed by atoms with Crippen LogP contribution >= 0.6 is 27.7 Å². The summed E-state index contributed by atoms with van der Waals surface area (Å²) in [5.41, 5.74) is 1.27. The van der Waals surface area contributed by atoms with Crippen molar-refractivity contribution in [1.82, 2.24) is 5.32 Å². The Morgan fingerprint density at radius 2 is 1.86 bits per heavy atom. The molecular formula is C16H16BrF2NS. The minimum Gasteiger partial charge on any atom is -0.306 e. The summed E-state index contributed by atoms with van der Waals surface area (Å²) < 4.78 is 28.2. The lowest BCUT2D eigenvalue weighted by molar-refractivity contribution is 0.539. The minimum absolute atomic E-state index is 0.136. The summed E-state index contributed by atoms with van der Waals surface area (Å²) in [7, 11) is 0. The standard InChI is InChI=1S/C16H16BrF2NS/c1-3-20-16(10-6-4-5-7-15(10)21-2)11-8-14(19)12(17)9-13(11)18/h4-9,16,20H,3H2,1-2H3. The molecule has 21 heavy (non-hydrogen) atoms. The molecule has 1 N–H and O–H groups in total.